The van der Waals surface area contributed by atoms with Crippen molar-refractivity contribution in [3.8, 4) is 0 Å². The highest BCUT2D eigenvalue weighted by Gasteiger charge is 2.38. The zero-order valence-corrected chi connectivity index (χ0v) is 22.0. The number of aliphatic carboxylic acids is 1. The van der Waals surface area contributed by atoms with E-state index in [-0.39, 0.29) is 29.6 Å². The lowest BCUT2D eigenvalue weighted by Crippen LogP contribution is -2.43. The van der Waals surface area contributed by atoms with Crippen LogP contribution in [0.4, 0.5) is 18.9 Å². The van der Waals surface area contributed by atoms with E-state index in [1.807, 2.05) is 32.0 Å². The Morgan fingerprint density at radius 1 is 0.974 bits per heavy atom. The number of carbonyl (C=O) groups excluding carboxylic acids is 3. The van der Waals surface area contributed by atoms with Gasteiger partial charge in [-0.3, -0.25) is 14.4 Å². The van der Waals surface area contributed by atoms with Gasteiger partial charge in [0, 0.05) is 42.7 Å². The summed E-state index contributed by atoms with van der Waals surface area (Å²) in [6.07, 6.45) is -1.85. The van der Waals surface area contributed by atoms with Crippen LogP contribution in [0.25, 0.3) is 0 Å². The number of nitrogens with zero attached hydrogens (tertiary/aromatic N) is 1. The summed E-state index contributed by atoms with van der Waals surface area (Å²) in [5.74, 6) is -2.89. The second-order valence-corrected chi connectivity index (χ2v) is 9.47. The number of nitrogens with one attached hydrogen (secondary N) is 2. The number of alkyl halides is 3. The van der Waals surface area contributed by atoms with Crippen molar-refractivity contribution in [2.75, 3.05) is 25.0 Å². The lowest BCUT2D eigenvalue weighted by Gasteiger charge is -2.31. The molecule has 212 valence electrons. The van der Waals surface area contributed by atoms with Crippen LogP contribution in [-0.2, 0) is 20.8 Å². The van der Waals surface area contributed by atoms with Crippen LogP contribution >= 0.6 is 0 Å². The van der Waals surface area contributed by atoms with Crippen LogP contribution in [0.5, 0.6) is 0 Å². The Morgan fingerprint density at radius 3 is 2.05 bits per heavy atom. The largest absolute Gasteiger partial charge is 0.490 e. The molecule has 2 aromatic rings. The number of hydrogen-bond acceptors (Lipinski definition) is 4. The van der Waals surface area contributed by atoms with Gasteiger partial charge in [0.2, 0.25) is 11.8 Å². The van der Waals surface area contributed by atoms with Crippen LogP contribution < -0.4 is 10.6 Å². The number of carboxylic acid groups (broad SMARTS) is 1. The molecule has 8 nitrogen and oxygen atoms in total. The monoisotopic (exact) mass is 549 g/mol. The van der Waals surface area contributed by atoms with Gasteiger partial charge in [0.1, 0.15) is 0 Å². The van der Waals surface area contributed by atoms with Gasteiger partial charge in [0.25, 0.3) is 5.91 Å². The average Bonchev–Trinajstić information content (AvgIpc) is 2.91. The van der Waals surface area contributed by atoms with Crippen molar-refractivity contribution in [2.24, 2.45) is 11.8 Å². The molecule has 1 aliphatic heterocycles. The normalized spacial score (nSPS) is 13.7. The summed E-state index contributed by atoms with van der Waals surface area (Å²) >= 11 is 0. The van der Waals surface area contributed by atoms with Gasteiger partial charge in [-0.2, -0.15) is 13.2 Å². The molecule has 1 saturated heterocycles. The third kappa shape index (κ3) is 10.8. The summed E-state index contributed by atoms with van der Waals surface area (Å²) in [7, 11) is 0. The van der Waals surface area contributed by atoms with E-state index in [0.29, 0.717) is 43.7 Å². The Balaban J connectivity index is 0.000000673. The molecule has 1 fully saturated rings. The van der Waals surface area contributed by atoms with Crippen LogP contribution in [0, 0.1) is 11.8 Å². The number of rotatable bonds is 8. The molecule has 1 aliphatic rings. The quantitative estimate of drug-likeness (QED) is 0.419. The minimum atomic E-state index is -5.08. The van der Waals surface area contributed by atoms with E-state index in [0.717, 1.165) is 12.8 Å². The maximum Gasteiger partial charge on any atom is 0.490 e. The van der Waals surface area contributed by atoms with Crippen LogP contribution in [-0.4, -0.2) is 59.5 Å². The van der Waals surface area contributed by atoms with Gasteiger partial charge >= 0.3 is 12.1 Å². The first kappa shape index (κ1) is 31.3. The molecule has 0 aliphatic carbocycles. The third-order valence-electron chi connectivity index (χ3n) is 6.10. The molecule has 3 rings (SSSR count). The number of aryl methyl sites for hydroxylation is 1. The summed E-state index contributed by atoms with van der Waals surface area (Å²) in [6, 6.07) is 17.3. The van der Waals surface area contributed by atoms with E-state index in [1.54, 1.807) is 29.2 Å². The van der Waals surface area contributed by atoms with E-state index >= 15 is 0 Å². The number of hydrogen-bond donors (Lipinski definition) is 3. The average molecular weight is 550 g/mol. The van der Waals surface area contributed by atoms with Crippen molar-refractivity contribution in [1.29, 1.82) is 0 Å². The van der Waals surface area contributed by atoms with E-state index in [1.165, 1.54) is 5.56 Å². The molecule has 0 aromatic heterocycles. The number of piperidine rings is 1. The molecule has 0 spiro atoms. The van der Waals surface area contributed by atoms with Crippen molar-refractivity contribution in [3.05, 3.63) is 65.7 Å². The highest BCUT2D eigenvalue weighted by Crippen LogP contribution is 2.20. The van der Waals surface area contributed by atoms with Crippen molar-refractivity contribution in [1.82, 2.24) is 10.2 Å². The van der Waals surface area contributed by atoms with Gasteiger partial charge in [-0.25, -0.2) is 4.79 Å². The molecule has 0 unspecified atom stereocenters. The van der Waals surface area contributed by atoms with E-state index in [4.69, 9.17) is 9.90 Å². The second-order valence-electron chi connectivity index (χ2n) is 9.47. The molecular weight excluding hydrogens is 515 g/mol. The maximum atomic E-state index is 12.8. The van der Waals surface area contributed by atoms with E-state index in [9.17, 15) is 27.6 Å². The van der Waals surface area contributed by atoms with Crippen molar-refractivity contribution < 1.29 is 37.5 Å². The number of carboxylic acids is 1. The number of halogens is 3. The highest BCUT2D eigenvalue weighted by molar-refractivity contribution is 5.96. The SMILES string of the molecule is CC(C)C(=O)Nc1ccc(C(=O)N2CCC(C(=O)NCCCc3ccccc3)CC2)cc1.O=C(O)C(F)(F)F. The first-order chi connectivity index (χ1) is 18.4. The highest BCUT2D eigenvalue weighted by atomic mass is 19.4. The molecule has 0 bridgehead atoms. The van der Waals surface area contributed by atoms with Gasteiger partial charge in [0.05, 0.1) is 0 Å². The lowest BCUT2D eigenvalue weighted by molar-refractivity contribution is -0.192. The van der Waals surface area contributed by atoms with Crippen LogP contribution in [0.15, 0.2) is 54.6 Å². The third-order valence-corrected chi connectivity index (χ3v) is 6.10. The van der Waals surface area contributed by atoms with Crippen LogP contribution in [0.1, 0.15) is 49.0 Å². The smallest absolute Gasteiger partial charge is 0.475 e. The summed E-state index contributed by atoms with van der Waals surface area (Å²) < 4.78 is 31.7. The Hall–Kier alpha value is -3.89. The molecule has 0 saturated carbocycles. The number of carbonyl (C=O) groups is 4. The van der Waals surface area contributed by atoms with Crippen molar-refractivity contribution in [3.63, 3.8) is 0 Å². The fraction of sp³-hybridized carbons (Fsp3) is 0.429. The summed E-state index contributed by atoms with van der Waals surface area (Å²) in [5, 5.41) is 13.0. The number of anilines is 1. The van der Waals surface area contributed by atoms with Gasteiger partial charge in [-0.1, -0.05) is 44.2 Å². The predicted octanol–water partition coefficient (Wildman–Crippen LogP) is 4.52. The summed E-state index contributed by atoms with van der Waals surface area (Å²) in [6.45, 7) is 5.50. The molecule has 0 radical (unpaired) electrons. The Bertz CT molecular complexity index is 1100. The Kier molecular flexibility index (Phi) is 12.0. The fourth-order valence-corrected chi connectivity index (χ4v) is 3.80. The minimum absolute atomic E-state index is 0.0338. The Labute approximate surface area is 225 Å². The minimum Gasteiger partial charge on any atom is -0.475 e. The fourth-order valence-electron chi connectivity index (χ4n) is 3.80. The van der Waals surface area contributed by atoms with Crippen molar-refractivity contribution >= 4 is 29.4 Å². The molecule has 11 heteroatoms. The van der Waals surface area contributed by atoms with Crippen LogP contribution in [0.3, 0.4) is 0 Å². The van der Waals surface area contributed by atoms with Gasteiger partial charge in [-0.05, 0) is 55.5 Å². The summed E-state index contributed by atoms with van der Waals surface area (Å²) in [4.78, 5) is 47.8. The molecule has 3 N–H and O–H groups in total. The van der Waals surface area contributed by atoms with Gasteiger partial charge < -0.3 is 20.6 Å². The molecule has 3 amide bonds. The zero-order valence-electron chi connectivity index (χ0n) is 22.0. The molecular formula is C28H34F3N3O5. The molecule has 39 heavy (non-hydrogen) atoms. The molecule has 0 atom stereocenters. The van der Waals surface area contributed by atoms with Gasteiger partial charge in [0.15, 0.2) is 0 Å². The second kappa shape index (κ2) is 14.9. The number of likely N-dealkylation sites (tertiary alicyclic amines) is 1. The zero-order chi connectivity index (χ0) is 29.0. The van der Waals surface area contributed by atoms with E-state index in [2.05, 4.69) is 22.8 Å². The predicted molar refractivity (Wildman–Crippen MR) is 140 cm³/mol. The number of amides is 3. The molecule has 1 heterocycles. The summed E-state index contributed by atoms with van der Waals surface area (Å²) in [5.41, 5.74) is 2.56. The first-order valence-corrected chi connectivity index (χ1v) is 12.7. The van der Waals surface area contributed by atoms with Gasteiger partial charge in [-0.15, -0.1) is 0 Å². The Morgan fingerprint density at radius 2 is 1.54 bits per heavy atom. The van der Waals surface area contributed by atoms with Crippen molar-refractivity contribution in [2.45, 2.75) is 45.7 Å². The molecule has 2 aromatic carbocycles. The first-order valence-electron chi connectivity index (χ1n) is 12.7. The number of benzene rings is 2. The lowest BCUT2D eigenvalue weighted by atomic mass is 9.95. The standard InChI is InChI=1S/C26H33N3O3.C2HF3O2/c1-19(2)24(30)28-23-12-10-22(11-13-23)26(32)29-17-14-21(15-18-29)25(31)27-16-6-9-20-7-4-3-5-8-20;3-2(4,5)1(6)7/h3-5,7-8,10-13,19,21H,6,9,14-18H2,1-2H3,(H,27,31)(H,28,30);(H,6,7). The van der Waals surface area contributed by atoms with Crippen LogP contribution in [0.2, 0.25) is 0 Å². The van der Waals surface area contributed by atoms with E-state index < -0.39 is 12.1 Å². The maximum absolute atomic E-state index is 12.8. The topological polar surface area (TPSA) is 116 Å².